The van der Waals surface area contributed by atoms with E-state index in [2.05, 4.69) is 31.4 Å². The second kappa shape index (κ2) is 10.2. The van der Waals surface area contributed by atoms with E-state index in [4.69, 9.17) is 4.74 Å². The van der Waals surface area contributed by atoms with Crippen molar-refractivity contribution in [2.75, 3.05) is 7.11 Å². The molecule has 0 fully saturated rings. The van der Waals surface area contributed by atoms with E-state index in [-0.39, 0.29) is 23.1 Å². The van der Waals surface area contributed by atoms with Crippen LogP contribution < -0.4 is 10.6 Å². The number of benzene rings is 1. The largest absolute Gasteiger partial charge is 0.467 e. The maximum absolute atomic E-state index is 12.7. The molecule has 0 aromatic heterocycles. The Labute approximate surface area is 168 Å². The first-order chi connectivity index (χ1) is 12.9. The summed E-state index contributed by atoms with van der Waals surface area (Å²) >= 11 is 0. The van der Waals surface area contributed by atoms with Crippen LogP contribution in [-0.4, -0.2) is 37.0 Å². The van der Waals surface area contributed by atoms with Crippen molar-refractivity contribution in [3.8, 4) is 0 Å². The van der Waals surface area contributed by atoms with E-state index in [0.717, 1.165) is 5.56 Å². The van der Waals surface area contributed by atoms with E-state index in [9.17, 15) is 14.4 Å². The molecule has 0 unspecified atom stereocenters. The average Bonchev–Trinajstić information content (AvgIpc) is 2.58. The standard InChI is InChI=1S/C22H34N2O4/c1-14(2)12-18(23-15(3)25)20(26)24-19(21(27)28-7)13-16-8-10-17(11-9-16)22(4,5)6/h8-11,14,18-19H,12-13H2,1-7H3,(H,23,25)(H,24,26)/t18-,19+/m0/s1. The Balaban J connectivity index is 2.94. The smallest absolute Gasteiger partial charge is 0.328 e. The molecule has 2 amide bonds. The molecule has 1 rings (SSSR count). The van der Waals surface area contributed by atoms with Crippen LogP contribution in [0.2, 0.25) is 0 Å². The number of ether oxygens (including phenoxy) is 1. The summed E-state index contributed by atoms with van der Waals surface area (Å²) in [6.07, 6.45) is 0.802. The molecule has 0 aliphatic rings. The van der Waals surface area contributed by atoms with Crippen molar-refractivity contribution in [2.24, 2.45) is 5.92 Å². The van der Waals surface area contributed by atoms with E-state index in [1.807, 2.05) is 38.1 Å². The maximum atomic E-state index is 12.7. The van der Waals surface area contributed by atoms with Crippen LogP contribution in [0, 0.1) is 5.92 Å². The molecule has 0 spiro atoms. The quantitative estimate of drug-likeness (QED) is 0.669. The van der Waals surface area contributed by atoms with Crippen molar-refractivity contribution in [3.05, 3.63) is 35.4 Å². The number of carbonyl (C=O) groups is 3. The molecule has 0 aliphatic heterocycles. The van der Waals surface area contributed by atoms with Gasteiger partial charge in [0.15, 0.2) is 0 Å². The van der Waals surface area contributed by atoms with Gasteiger partial charge in [-0.3, -0.25) is 9.59 Å². The van der Waals surface area contributed by atoms with Gasteiger partial charge in [0.05, 0.1) is 7.11 Å². The molecule has 0 radical (unpaired) electrons. The normalized spacial score (nSPS) is 13.6. The molecule has 6 nitrogen and oxygen atoms in total. The second-order valence-electron chi connectivity index (χ2n) is 8.62. The number of rotatable bonds is 8. The minimum atomic E-state index is -0.818. The van der Waals surface area contributed by atoms with Gasteiger partial charge in [-0.2, -0.15) is 0 Å². The van der Waals surface area contributed by atoms with Gasteiger partial charge in [0.25, 0.3) is 0 Å². The number of hydrogen-bond donors (Lipinski definition) is 2. The fourth-order valence-electron chi connectivity index (χ4n) is 2.93. The molecule has 6 heteroatoms. The van der Waals surface area contributed by atoms with Crippen LogP contribution in [0.5, 0.6) is 0 Å². The van der Waals surface area contributed by atoms with E-state index >= 15 is 0 Å². The van der Waals surface area contributed by atoms with Gasteiger partial charge >= 0.3 is 5.97 Å². The lowest BCUT2D eigenvalue weighted by Crippen LogP contribution is -2.52. The summed E-state index contributed by atoms with van der Waals surface area (Å²) in [7, 11) is 1.30. The molecule has 0 heterocycles. The Bertz CT molecular complexity index is 675. The third-order valence-electron chi connectivity index (χ3n) is 4.46. The van der Waals surface area contributed by atoms with Crippen molar-refractivity contribution in [1.82, 2.24) is 10.6 Å². The average molecular weight is 391 g/mol. The van der Waals surface area contributed by atoms with Crippen LogP contribution in [0.1, 0.15) is 59.1 Å². The molecular weight excluding hydrogens is 356 g/mol. The summed E-state index contributed by atoms with van der Waals surface area (Å²) in [5.74, 6) is -0.970. The summed E-state index contributed by atoms with van der Waals surface area (Å²) < 4.78 is 4.86. The number of methoxy groups -OCH3 is 1. The third-order valence-corrected chi connectivity index (χ3v) is 4.46. The zero-order valence-electron chi connectivity index (χ0n) is 18.1. The van der Waals surface area contributed by atoms with Gasteiger partial charge in [-0.15, -0.1) is 0 Å². The summed E-state index contributed by atoms with van der Waals surface area (Å²) in [5, 5.41) is 5.40. The van der Waals surface area contributed by atoms with Crippen molar-refractivity contribution in [3.63, 3.8) is 0 Å². The Morgan fingerprint density at radius 2 is 1.57 bits per heavy atom. The molecule has 0 saturated heterocycles. The first kappa shape index (κ1) is 23.7. The predicted molar refractivity (Wildman–Crippen MR) is 110 cm³/mol. The lowest BCUT2D eigenvalue weighted by molar-refractivity contribution is -0.145. The highest BCUT2D eigenvalue weighted by Gasteiger charge is 2.27. The highest BCUT2D eigenvalue weighted by Crippen LogP contribution is 2.22. The molecule has 0 bridgehead atoms. The summed E-state index contributed by atoms with van der Waals surface area (Å²) in [5.41, 5.74) is 2.15. The summed E-state index contributed by atoms with van der Waals surface area (Å²) in [4.78, 5) is 36.3. The van der Waals surface area contributed by atoms with Gasteiger partial charge in [-0.1, -0.05) is 58.9 Å². The topological polar surface area (TPSA) is 84.5 Å². The number of nitrogens with one attached hydrogen (secondary N) is 2. The fraction of sp³-hybridized carbons (Fsp3) is 0.591. The number of esters is 1. The number of amides is 2. The Morgan fingerprint density at radius 1 is 1.00 bits per heavy atom. The van der Waals surface area contributed by atoms with Crippen molar-refractivity contribution in [2.45, 2.75) is 71.9 Å². The zero-order chi connectivity index (χ0) is 21.5. The third kappa shape index (κ3) is 7.71. The lowest BCUT2D eigenvalue weighted by Gasteiger charge is -2.23. The summed E-state index contributed by atoms with van der Waals surface area (Å²) in [6.45, 7) is 11.7. The molecule has 0 aliphatic carbocycles. The van der Waals surface area contributed by atoms with Gasteiger partial charge < -0.3 is 15.4 Å². The van der Waals surface area contributed by atoms with Gasteiger partial charge in [-0.25, -0.2) is 4.79 Å². The molecule has 0 saturated carbocycles. The summed E-state index contributed by atoms with van der Waals surface area (Å²) in [6, 6.07) is 6.48. The monoisotopic (exact) mass is 390 g/mol. The van der Waals surface area contributed by atoms with E-state index in [1.54, 1.807) is 0 Å². The van der Waals surface area contributed by atoms with Gasteiger partial charge in [0.1, 0.15) is 12.1 Å². The maximum Gasteiger partial charge on any atom is 0.328 e. The molecular formula is C22H34N2O4. The molecule has 28 heavy (non-hydrogen) atoms. The van der Waals surface area contributed by atoms with Gasteiger partial charge in [0, 0.05) is 13.3 Å². The molecule has 1 aromatic rings. The number of hydrogen-bond acceptors (Lipinski definition) is 4. The fourth-order valence-corrected chi connectivity index (χ4v) is 2.93. The number of carbonyl (C=O) groups excluding carboxylic acids is 3. The zero-order valence-corrected chi connectivity index (χ0v) is 18.1. The van der Waals surface area contributed by atoms with Crippen molar-refractivity contribution in [1.29, 1.82) is 0 Å². The molecule has 2 N–H and O–H groups in total. The Morgan fingerprint density at radius 3 is 2.00 bits per heavy atom. The van der Waals surface area contributed by atoms with Crippen LogP contribution in [-0.2, 0) is 31.0 Å². The van der Waals surface area contributed by atoms with Crippen molar-refractivity contribution >= 4 is 17.8 Å². The van der Waals surface area contributed by atoms with Crippen LogP contribution in [0.15, 0.2) is 24.3 Å². The van der Waals surface area contributed by atoms with E-state index in [1.165, 1.54) is 19.6 Å². The highest BCUT2D eigenvalue weighted by molar-refractivity contribution is 5.90. The second-order valence-corrected chi connectivity index (χ2v) is 8.62. The lowest BCUT2D eigenvalue weighted by atomic mass is 9.86. The highest BCUT2D eigenvalue weighted by atomic mass is 16.5. The van der Waals surface area contributed by atoms with Crippen LogP contribution in [0.4, 0.5) is 0 Å². The SMILES string of the molecule is COC(=O)[C@@H](Cc1ccc(C(C)(C)C)cc1)NC(=O)[C@H](CC(C)C)NC(C)=O. The van der Waals surface area contributed by atoms with Gasteiger partial charge in [0.2, 0.25) is 11.8 Å². The van der Waals surface area contributed by atoms with Gasteiger partial charge in [-0.05, 0) is 28.9 Å². The van der Waals surface area contributed by atoms with Crippen LogP contribution >= 0.6 is 0 Å². The minimum absolute atomic E-state index is 0.0386. The predicted octanol–water partition coefficient (Wildman–Crippen LogP) is 2.74. The van der Waals surface area contributed by atoms with E-state index < -0.39 is 18.1 Å². The van der Waals surface area contributed by atoms with Crippen LogP contribution in [0.3, 0.4) is 0 Å². The van der Waals surface area contributed by atoms with Crippen LogP contribution in [0.25, 0.3) is 0 Å². The molecule has 2 atom stereocenters. The first-order valence-corrected chi connectivity index (χ1v) is 9.68. The minimum Gasteiger partial charge on any atom is -0.467 e. The first-order valence-electron chi connectivity index (χ1n) is 9.68. The molecule has 156 valence electrons. The van der Waals surface area contributed by atoms with Crippen molar-refractivity contribution < 1.29 is 19.1 Å². The Hall–Kier alpha value is -2.37. The Kier molecular flexibility index (Phi) is 8.66. The molecule has 1 aromatic carbocycles. The van der Waals surface area contributed by atoms with E-state index in [0.29, 0.717) is 12.8 Å².